The summed E-state index contributed by atoms with van der Waals surface area (Å²) in [6.45, 7) is 1.95. The van der Waals surface area contributed by atoms with E-state index in [1.54, 1.807) is 13.2 Å². The second-order valence-electron chi connectivity index (χ2n) is 4.47. The van der Waals surface area contributed by atoms with Crippen LogP contribution in [0.4, 0.5) is 4.39 Å². The summed E-state index contributed by atoms with van der Waals surface area (Å²) < 4.78 is 23.5. The van der Waals surface area contributed by atoms with E-state index in [9.17, 15) is 4.39 Å². The fourth-order valence-corrected chi connectivity index (χ4v) is 1.95. The maximum Gasteiger partial charge on any atom is 0.258 e. The Balaban J connectivity index is 1.98. The largest absolute Gasteiger partial charge is 0.496 e. The number of hydrogen-bond donors (Lipinski definition) is 0. The third kappa shape index (κ3) is 2.60. The third-order valence-corrected chi connectivity index (χ3v) is 3.07. The first-order valence-corrected chi connectivity index (χ1v) is 6.28. The van der Waals surface area contributed by atoms with E-state index >= 15 is 0 Å². The van der Waals surface area contributed by atoms with Crippen LogP contribution >= 0.6 is 0 Å². The average molecular weight is 285 g/mol. The Labute approximate surface area is 120 Å². The predicted octanol–water partition coefficient (Wildman–Crippen LogP) is 3.25. The number of rotatable bonds is 3. The molecule has 1 aromatic carbocycles. The summed E-state index contributed by atoms with van der Waals surface area (Å²) in [5.74, 6) is 0.810. The van der Waals surface area contributed by atoms with Crippen LogP contribution in [0.3, 0.4) is 0 Å². The van der Waals surface area contributed by atoms with Gasteiger partial charge in [-0.15, -0.1) is 0 Å². The zero-order chi connectivity index (χ0) is 14.8. The first kappa shape index (κ1) is 13.2. The molecule has 3 rings (SSSR count). The van der Waals surface area contributed by atoms with Crippen molar-refractivity contribution in [3.63, 3.8) is 0 Å². The highest BCUT2D eigenvalue weighted by atomic mass is 19.1. The van der Waals surface area contributed by atoms with Gasteiger partial charge in [0.2, 0.25) is 11.8 Å². The first-order chi connectivity index (χ1) is 10.2. The molecule has 2 aromatic heterocycles. The zero-order valence-corrected chi connectivity index (χ0v) is 11.5. The van der Waals surface area contributed by atoms with E-state index in [4.69, 9.17) is 9.26 Å². The van der Waals surface area contributed by atoms with Crippen LogP contribution in [0.2, 0.25) is 0 Å². The van der Waals surface area contributed by atoms with Gasteiger partial charge in [-0.3, -0.25) is 0 Å². The van der Waals surface area contributed by atoms with Crippen LogP contribution in [0.25, 0.3) is 22.8 Å². The second kappa shape index (κ2) is 5.32. The van der Waals surface area contributed by atoms with Gasteiger partial charge in [-0.2, -0.15) is 9.37 Å². The molecule has 0 unspecified atom stereocenters. The fourth-order valence-electron chi connectivity index (χ4n) is 1.95. The molecule has 0 amide bonds. The number of hydrogen-bond acceptors (Lipinski definition) is 5. The summed E-state index contributed by atoms with van der Waals surface area (Å²) in [5, 5.41) is 3.91. The minimum absolute atomic E-state index is 0.242. The Bertz CT molecular complexity index is 786. The molecule has 5 nitrogen and oxygen atoms in total. The first-order valence-electron chi connectivity index (χ1n) is 6.28. The molecule has 106 valence electrons. The molecule has 21 heavy (non-hydrogen) atoms. The molecule has 0 spiro atoms. The van der Waals surface area contributed by atoms with Crippen molar-refractivity contribution >= 4 is 0 Å². The van der Waals surface area contributed by atoms with Crippen molar-refractivity contribution in [1.82, 2.24) is 15.1 Å². The molecule has 0 atom stereocenters. The Kier molecular flexibility index (Phi) is 3.35. The number of methoxy groups -OCH3 is 1. The van der Waals surface area contributed by atoms with Gasteiger partial charge in [-0.05, 0) is 24.6 Å². The Morgan fingerprint density at radius 1 is 1.14 bits per heavy atom. The molecule has 0 aliphatic carbocycles. The van der Waals surface area contributed by atoms with Crippen molar-refractivity contribution in [2.45, 2.75) is 6.92 Å². The summed E-state index contributed by atoms with van der Waals surface area (Å²) >= 11 is 0. The number of nitrogens with zero attached hydrogens (tertiary/aromatic N) is 3. The van der Waals surface area contributed by atoms with Crippen molar-refractivity contribution in [3.05, 3.63) is 48.0 Å². The van der Waals surface area contributed by atoms with Gasteiger partial charge in [0.15, 0.2) is 0 Å². The maximum atomic E-state index is 13.1. The minimum atomic E-state index is -0.593. The molecule has 0 saturated heterocycles. The normalized spacial score (nSPS) is 10.6. The Morgan fingerprint density at radius 3 is 2.76 bits per heavy atom. The lowest BCUT2D eigenvalue weighted by Crippen LogP contribution is -1.89. The molecule has 6 heteroatoms. The molecule has 0 aliphatic heterocycles. The van der Waals surface area contributed by atoms with Crippen LogP contribution in [0.5, 0.6) is 5.75 Å². The number of aryl methyl sites for hydroxylation is 1. The van der Waals surface area contributed by atoms with Gasteiger partial charge in [0.25, 0.3) is 5.89 Å². The monoisotopic (exact) mass is 285 g/mol. The fraction of sp³-hybridized carbons (Fsp3) is 0.133. The van der Waals surface area contributed by atoms with Crippen LogP contribution in [-0.4, -0.2) is 22.2 Å². The van der Waals surface area contributed by atoms with E-state index in [0.717, 1.165) is 16.9 Å². The van der Waals surface area contributed by atoms with E-state index in [0.29, 0.717) is 11.4 Å². The molecular weight excluding hydrogens is 273 g/mol. The van der Waals surface area contributed by atoms with Crippen LogP contribution in [0.1, 0.15) is 5.56 Å². The van der Waals surface area contributed by atoms with E-state index in [2.05, 4.69) is 15.1 Å². The number of aromatic nitrogens is 3. The molecule has 3 aromatic rings. The standard InChI is InChI=1S/C15H12FN3O2/c1-9-3-4-10(7-12(9)20-2)14-18-15(21-19-14)11-5-6-17-13(16)8-11/h3-8H,1-2H3. The molecule has 2 heterocycles. The predicted molar refractivity (Wildman–Crippen MR) is 74.2 cm³/mol. The Morgan fingerprint density at radius 2 is 2.00 bits per heavy atom. The molecule has 0 bridgehead atoms. The second-order valence-corrected chi connectivity index (χ2v) is 4.47. The van der Waals surface area contributed by atoms with Crippen LogP contribution in [0, 0.1) is 12.9 Å². The summed E-state index contributed by atoms with van der Waals surface area (Å²) in [4.78, 5) is 7.76. The zero-order valence-electron chi connectivity index (χ0n) is 11.5. The van der Waals surface area contributed by atoms with Crippen molar-refractivity contribution in [2.75, 3.05) is 7.11 Å². The summed E-state index contributed by atoms with van der Waals surface area (Å²) in [6, 6.07) is 8.47. The lowest BCUT2D eigenvalue weighted by Gasteiger charge is -2.04. The molecule has 0 aliphatic rings. The number of ether oxygens (including phenoxy) is 1. The van der Waals surface area contributed by atoms with Crippen molar-refractivity contribution in [1.29, 1.82) is 0 Å². The topological polar surface area (TPSA) is 61.0 Å². The summed E-state index contributed by atoms with van der Waals surface area (Å²) in [7, 11) is 1.60. The van der Waals surface area contributed by atoms with Gasteiger partial charge in [-0.1, -0.05) is 17.3 Å². The molecule has 0 radical (unpaired) electrons. The van der Waals surface area contributed by atoms with Crippen molar-refractivity contribution in [2.24, 2.45) is 0 Å². The van der Waals surface area contributed by atoms with Gasteiger partial charge < -0.3 is 9.26 Å². The highest BCUT2D eigenvalue weighted by Crippen LogP contribution is 2.27. The summed E-state index contributed by atoms with van der Waals surface area (Å²) in [5.41, 5.74) is 2.27. The summed E-state index contributed by atoms with van der Waals surface area (Å²) in [6.07, 6.45) is 1.35. The lowest BCUT2D eigenvalue weighted by molar-refractivity contribution is 0.411. The van der Waals surface area contributed by atoms with Crippen molar-refractivity contribution in [3.8, 4) is 28.6 Å². The molecule has 0 N–H and O–H groups in total. The lowest BCUT2D eigenvalue weighted by atomic mass is 10.1. The van der Waals surface area contributed by atoms with Gasteiger partial charge in [0.1, 0.15) is 5.75 Å². The van der Waals surface area contributed by atoms with Crippen LogP contribution in [-0.2, 0) is 0 Å². The van der Waals surface area contributed by atoms with Gasteiger partial charge in [0.05, 0.1) is 7.11 Å². The van der Waals surface area contributed by atoms with E-state index in [1.165, 1.54) is 12.3 Å². The van der Waals surface area contributed by atoms with Crippen LogP contribution < -0.4 is 4.74 Å². The van der Waals surface area contributed by atoms with E-state index in [1.807, 2.05) is 25.1 Å². The minimum Gasteiger partial charge on any atom is -0.496 e. The molecular formula is C15H12FN3O2. The maximum absolute atomic E-state index is 13.1. The third-order valence-electron chi connectivity index (χ3n) is 3.07. The van der Waals surface area contributed by atoms with E-state index < -0.39 is 5.95 Å². The molecule has 0 saturated carbocycles. The van der Waals surface area contributed by atoms with Gasteiger partial charge in [-0.25, -0.2) is 4.98 Å². The smallest absolute Gasteiger partial charge is 0.258 e. The number of benzene rings is 1. The SMILES string of the molecule is COc1cc(-c2noc(-c3ccnc(F)c3)n2)ccc1C. The van der Waals surface area contributed by atoms with Crippen molar-refractivity contribution < 1.29 is 13.7 Å². The van der Waals surface area contributed by atoms with Crippen LogP contribution in [0.15, 0.2) is 41.1 Å². The Hall–Kier alpha value is -2.76. The van der Waals surface area contributed by atoms with E-state index in [-0.39, 0.29) is 5.89 Å². The highest BCUT2D eigenvalue weighted by Gasteiger charge is 2.12. The number of pyridine rings is 1. The average Bonchev–Trinajstić information content (AvgIpc) is 2.97. The highest BCUT2D eigenvalue weighted by molar-refractivity contribution is 5.61. The quantitative estimate of drug-likeness (QED) is 0.691. The van der Waals surface area contributed by atoms with Gasteiger partial charge >= 0.3 is 0 Å². The molecule has 0 fully saturated rings. The number of halogens is 1. The van der Waals surface area contributed by atoms with Gasteiger partial charge in [0, 0.05) is 23.4 Å².